The Hall–Kier alpha value is -3.59. The molecular weight excluding hydrogens is 336 g/mol. The monoisotopic (exact) mass is 358 g/mol. The number of aromatic nitrogens is 2. The molecule has 1 atom stereocenters. The maximum atomic E-state index is 9.81. The van der Waals surface area contributed by atoms with Crippen LogP contribution in [0.5, 0.6) is 0 Å². The molecule has 3 rings (SSSR count). The molecule has 0 aliphatic rings. The molecule has 6 nitrogen and oxygen atoms in total. The molecule has 2 heterocycles. The van der Waals surface area contributed by atoms with Crippen LogP contribution in [0.4, 0.5) is 0 Å². The Morgan fingerprint density at radius 1 is 1.19 bits per heavy atom. The van der Waals surface area contributed by atoms with Gasteiger partial charge in [0.05, 0.1) is 12.2 Å². The first-order valence-electron chi connectivity index (χ1n) is 8.86. The highest BCUT2D eigenvalue weighted by atomic mass is 15.3. The van der Waals surface area contributed by atoms with Gasteiger partial charge in [0.2, 0.25) is 5.96 Å². The van der Waals surface area contributed by atoms with E-state index in [-0.39, 0.29) is 5.96 Å². The third kappa shape index (κ3) is 4.15. The van der Waals surface area contributed by atoms with Crippen molar-refractivity contribution in [3.8, 4) is 6.19 Å². The van der Waals surface area contributed by atoms with E-state index in [4.69, 9.17) is 5.41 Å². The summed E-state index contributed by atoms with van der Waals surface area (Å²) in [6.45, 7) is 3.41. The Kier molecular flexibility index (Phi) is 5.85. The number of nitrogens with one attached hydrogen (secondary N) is 2. The highest BCUT2D eigenvalue weighted by molar-refractivity contribution is 5.79. The molecular formula is C21H22N6. The van der Waals surface area contributed by atoms with E-state index in [0.717, 1.165) is 17.8 Å². The summed E-state index contributed by atoms with van der Waals surface area (Å²) in [6.07, 6.45) is 5.86. The zero-order valence-corrected chi connectivity index (χ0v) is 15.2. The van der Waals surface area contributed by atoms with Crippen molar-refractivity contribution in [3.63, 3.8) is 0 Å². The average molecular weight is 358 g/mol. The Morgan fingerprint density at radius 2 is 1.96 bits per heavy atom. The summed E-state index contributed by atoms with van der Waals surface area (Å²) in [5.74, 6) is 0.0425. The second kappa shape index (κ2) is 8.68. The molecule has 6 heteroatoms. The van der Waals surface area contributed by atoms with Crippen LogP contribution >= 0.6 is 0 Å². The van der Waals surface area contributed by atoms with Gasteiger partial charge < -0.3 is 9.88 Å². The molecule has 0 saturated carbocycles. The van der Waals surface area contributed by atoms with Gasteiger partial charge >= 0.3 is 0 Å². The quantitative estimate of drug-likeness (QED) is 0.306. The highest BCUT2D eigenvalue weighted by Crippen LogP contribution is 2.26. The van der Waals surface area contributed by atoms with Crippen LogP contribution in [0.25, 0.3) is 0 Å². The predicted molar refractivity (Wildman–Crippen MR) is 105 cm³/mol. The fourth-order valence-corrected chi connectivity index (χ4v) is 3.04. The lowest BCUT2D eigenvalue weighted by molar-refractivity contribution is 0.454. The first-order chi connectivity index (χ1) is 13.2. The zero-order chi connectivity index (χ0) is 19.1. The number of guanidine groups is 1. The van der Waals surface area contributed by atoms with Crippen LogP contribution in [0.3, 0.4) is 0 Å². The Morgan fingerprint density at radius 3 is 2.63 bits per heavy atom. The van der Waals surface area contributed by atoms with E-state index in [1.165, 1.54) is 4.90 Å². The highest BCUT2D eigenvalue weighted by Gasteiger charge is 2.26. The van der Waals surface area contributed by atoms with Crippen LogP contribution in [0.2, 0.25) is 0 Å². The summed E-state index contributed by atoms with van der Waals surface area (Å²) in [5.41, 5.74) is 2.68. The second-order valence-electron chi connectivity index (χ2n) is 6.03. The van der Waals surface area contributed by atoms with Crippen molar-refractivity contribution in [2.24, 2.45) is 0 Å². The van der Waals surface area contributed by atoms with Crippen molar-refractivity contribution in [1.29, 1.82) is 10.7 Å². The predicted octanol–water partition coefficient (Wildman–Crippen LogP) is 3.50. The maximum Gasteiger partial charge on any atom is 0.205 e. The van der Waals surface area contributed by atoms with E-state index in [9.17, 15) is 5.26 Å². The zero-order valence-electron chi connectivity index (χ0n) is 15.2. The van der Waals surface area contributed by atoms with Crippen LogP contribution in [0, 0.1) is 16.9 Å². The van der Waals surface area contributed by atoms with Crippen LogP contribution in [0.15, 0.2) is 73.1 Å². The minimum atomic E-state index is -0.463. The summed E-state index contributed by atoms with van der Waals surface area (Å²) in [6, 6.07) is 18.8. The SMILES string of the molecule is CCn1cccc1CNC(=N)N(C#N)C(c1ccccc1)c1ccccn1. The third-order valence-corrected chi connectivity index (χ3v) is 4.39. The molecule has 0 saturated heterocycles. The molecule has 0 aliphatic heterocycles. The first-order valence-corrected chi connectivity index (χ1v) is 8.86. The van der Waals surface area contributed by atoms with Crippen LogP contribution in [-0.4, -0.2) is 20.4 Å². The minimum Gasteiger partial charge on any atom is -0.350 e. The van der Waals surface area contributed by atoms with Gasteiger partial charge in [-0.3, -0.25) is 10.4 Å². The number of nitriles is 1. The van der Waals surface area contributed by atoms with Gasteiger partial charge in [-0.25, -0.2) is 4.90 Å². The van der Waals surface area contributed by atoms with E-state index in [0.29, 0.717) is 12.2 Å². The van der Waals surface area contributed by atoms with E-state index in [1.54, 1.807) is 6.20 Å². The number of aryl methyl sites for hydroxylation is 1. The van der Waals surface area contributed by atoms with Gasteiger partial charge in [0, 0.05) is 24.6 Å². The fourth-order valence-electron chi connectivity index (χ4n) is 3.04. The van der Waals surface area contributed by atoms with E-state index in [1.807, 2.05) is 66.9 Å². The standard InChI is InChI=1S/C21H22N6/c1-2-26-14-8-11-18(26)15-25-21(23)27(16-22)20(17-9-4-3-5-10-17)19-12-6-7-13-24-19/h3-14,20H,2,15H2,1H3,(H2,23,25). The van der Waals surface area contributed by atoms with Crippen molar-refractivity contribution in [2.75, 3.05) is 0 Å². The molecule has 0 bridgehead atoms. The lowest BCUT2D eigenvalue weighted by Crippen LogP contribution is -2.40. The summed E-state index contributed by atoms with van der Waals surface area (Å²) >= 11 is 0. The van der Waals surface area contributed by atoms with E-state index >= 15 is 0 Å². The molecule has 2 aromatic heterocycles. The van der Waals surface area contributed by atoms with Gasteiger partial charge in [-0.15, -0.1) is 0 Å². The third-order valence-electron chi connectivity index (χ3n) is 4.39. The average Bonchev–Trinajstić information content (AvgIpc) is 3.19. The molecule has 0 radical (unpaired) electrons. The molecule has 0 amide bonds. The lowest BCUT2D eigenvalue weighted by Gasteiger charge is -2.27. The smallest absolute Gasteiger partial charge is 0.205 e. The normalized spacial score (nSPS) is 11.4. The van der Waals surface area contributed by atoms with Crippen molar-refractivity contribution in [2.45, 2.75) is 26.1 Å². The van der Waals surface area contributed by atoms with Crippen molar-refractivity contribution < 1.29 is 0 Å². The van der Waals surface area contributed by atoms with Crippen molar-refractivity contribution in [3.05, 3.63) is 90.0 Å². The van der Waals surface area contributed by atoms with Gasteiger partial charge in [-0.1, -0.05) is 36.4 Å². The number of nitrogens with zero attached hydrogens (tertiary/aromatic N) is 4. The number of pyridine rings is 1. The first kappa shape index (κ1) is 18.2. The number of hydrogen-bond acceptors (Lipinski definition) is 3. The summed E-state index contributed by atoms with van der Waals surface area (Å²) < 4.78 is 2.10. The molecule has 3 aromatic rings. The topological polar surface area (TPSA) is 80.7 Å². The molecule has 27 heavy (non-hydrogen) atoms. The summed E-state index contributed by atoms with van der Waals surface area (Å²) in [7, 11) is 0. The second-order valence-corrected chi connectivity index (χ2v) is 6.03. The molecule has 1 unspecified atom stereocenters. The number of rotatable bonds is 6. The largest absolute Gasteiger partial charge is 0.350 e. The molecule has 0 fully saturated rings. The molecule has 1 aromatic carbocycles. The van der Waals surface area contributed by atoms with Crippen molar-refractivity contribution >= 4 is 5.96 Å². The molecule has 0 aliphatic carbocycles. The van der Waals surface area contributed by atoms with Gasteiger partial charge in [-0.05, 0) is 36.8 Å². The molecule has 2 N–H and O–H groups in total. The van der Waals surface area contributed by atoms with E-state index < -0.39 is 6.04 Å². The molecule has 136 valence electrons. The van der Waals surface area contributed by atoms with Gasteiger partial charge in [-0.2, -0.15) is 5.26 Å². The summed E-state index contributed by atoms with van der Waals surface area (Å²) in [5, 5.41) is 21.3. The number of hydrogen-bond donors (Lipinski definition) is 2. The Labute approximate surface area is 159 Å². The Balaban J connectivity index is 1.85. The van der Waals surface area contributed by atoms with Gasteiger partial charge in [0.1, 0.15) is 6.04 Å². The molecule has 0 spiro atoms. The van der Waals surface area contributed by atoms with Gasteiger partial charge in [0.15, 0.2) is 6.19 Å². The maximum absolute atomic E-state index is 9.81. The Bertz CT molecular complexity index is 871. The fraction of sp³-hybridized carbons (Fsp3) is 0.190. The number of benzene rings is 1. The van der Waals surface area contributed by atoms with E-state index in [2.05, 4.69) is 28.0 Å². The minimum absolute atomic E-state index is 0.0425. The summed E-state index contributed by atoms with van der Waals surface area (Å²) in [4.78, 5) is 5.78. The lowest BCUT2D eigenvalue weighted by atomic mass is 10.0. The van der Waals surface area contributed by atoms with Gasteiger partial charge in [0.25, 0.3) is 0 Å². The van der Waals surface area contributed by atoms with Crippen LogP contribution < -0.4 is 5.32 Å². The van der Waals surface area contributed by atoms with Crippen LogP contribution in [-0.2, 0) is 13.1 Å². The van der Waals surface area contributed by atoms with Crippen molar-refractivity contribution in [1.82, 2.24) is 19.8 Å². The van der Waals surface area contributed by atoms with Crippen LogP contribution in [0.1, 0.15) is 29.9 Å².